The third-order valence-corrected chi connectivity index (χ3v) is 2.71. The van der Waals surface area contributed by atoms with Crippen molar-refractivity contribution in [1.29, 1.82) is 0 Å². The summed E-state index contributed by atoms with van der Waals surface area (Å²) in [5, 5.41) is 12.9. The van der Waals surface area contributed by atoms with Crippen molar-refractivity contribution < 1.29 is 9.84 Å². The Morgan fingerprint density at radius 1 is 1.37 bits per heavy atom. The normalized spacial score (nSPS) is 13.1. The van der Waals surface area contributed by atoms with Gasteiger partial charge in [-0.1, -0.05) is 19.9 Å². The molecule has 1 atom stereocenters. The summed E-state index contributed by atoms with van der Waals surface area (Å²) in [7, 11) is 0. The van der Waals surface area contributed by atoms with Crippen LogP contribution in [0.4, 0.5) is 0 Å². The second-order valence-corrected chi connectivity index (χ2v) is 4.79. The van der Waals surface area contributed by atoms with Crippen LogP contribution in [0.15, 0.2) is 23.0 Å². The lowest BCUT2D eigenvalue weighted by Crippen LogP contribution is -2.35. The standard InChI is InChI=1S/C13H19N3O3/c1-8(2)14-6-9(17)7-19-11-5-3-4-10-12(11)16-13(18)15-10/h3-5,8-9,14,17H,6-7H2,1-2H3,(H2,15,16,18)/i8-1. The van der Waals surface area contributed by atoms with Crippen LogP contribution in [0.1, 0.15) is 13.8 Å². The van der Waals surface area contributed by atoms with Crippen LogP contribution in [0, 0.1) is 0 Å². The molecule has 0 bridgehead atoms. The van der Waals surface area contributed by atoms with Crippen molar-refractivity contribution >= 4 is 11.0 Å². The zero-order valence-electron chi connectivity index (χ0n) is 11.1. The fraction of sp³-hybridized carbons (Fsp3) is 0.462. The van der Waals surface area contributed by atoms with E-state index < -0.39 is 6.10 Å². The zero-order chi connectivity index (χ0) is 13.8. The summed E-state index contributed by atoms with van der Waals surface area (Å²) in [4.78, 5) is 16.6. The highest BCUT2D eigenvalue weighted by Gasteiger charge is 2.09. The van der Waals surface area contributed by atoms with Gasteiger partial charge in [-0.2, -0.15) is 0 Å². The van der Waals surface area contributed by atoms with E-state index in [9.17, 15) is 9.90 Å². The Morgan fingerprint density at radius 2 is 2.16 bits per heavy atom. The van der Waals surface area contributed by atoms with Crippen LogP contribution in [0.5, 0.6) is 5.75 Å². The van der Waals surface area contributed by atoms with Gasteiger partial charge in [0.1, 0.15) is 24.0 Å². The molecule has 1 aromatic heterocycles. The molecule has 0 saturated carbocycles. The van der Waals surface area contributed by atoms with E-state index in [4.69, 9.17) is 4.74 Å². The maximum Gasteiger partial charge on any atom is 0.323 e. The Labute approximate surface area is 110 Å². The molecule has 0 aliphatic heterocycles. The number of hydrogen-bond donors (Lipinski definition) is 4. The molecular weight excluding hydrogens is 245 g/mol. The van der Waals surface area contributed by atoms with E-state index in [1.807, 2.05) is 13.8 Å². The number of benzene rings is 1. The van der Waals surface area contributed by atoms with Crippen LogP contribution < -0.4 is 15.7 Å². The predicted molar refractivity (Wildman–Crippen MR) is 73.6 cm³/mol. The summed E-state index contributed by atoms with van der Waals surface area (Å²) in [6.45, 7) is 4.67. The largest absolute Gasteiger partial charge is 0.489 e. The van der Waals surface area contributed by atoms with Gasteiger partial charge in [0.05, 0.1) is 5.52 Å². The number of imidazole rings is 1. The molecule has 19 heavy (non-hydrogen) atoms. The fourth-order valence-electron chi connectivity index (χ4n) is 1.77. The molecule has 1 unspecified atom stereocenters. The summed E-state index contributed by atoms with van der Waals surface area (Å²) in [5.74, 6) is 0.555. The van der Waals surface area contributed by atoms with E-state index in [-0.39, 0.29) is 12.3 Å². The second kappa shape index (κ2) is 5.90. The number of aromatic nitrogens is 2. The molecule has 1 heterocycles. The van der Waals surface area contributed by atoms with Crippen LogP contribution in [0.3, 0.4) is 0 Å². The first-order chi connectivity index (χ1) is 9.06. The minimum Gasteiger partial charge on any atom is -0.489 e. The SMILES string of the molecule is C[11CH](C)NCC(O)COc1cccc2[nH]c(=O)[nH]c12. The molecule has 0 amide bonds. The molecule has 6 heteroatoms. The van der Waals surface area contributed by atoms with Crippen molar-refractivity contribution in [3.63, 3.8) is 0 Å². The van der Waals surface area contributed by atoms with Crippen LogP contribution in [0.25, 0.3) is 11.0 Å². The van der Waals surface area contributed by atoms with Crippen LogP contribution >= 0.6 is 0 Å². The first kappa shape index (κ1) is 13.6. The number of ether oxygens (including phenoxy) is 1. The Morgan fingerprint density at radius 3 is 2.89 bits per heavy atom. The van der Waals surface area contributed by atoms with Gasteiger partial charge in [0.15, 0.2) is 0 Å². The number of aliphatic hydroxyl groups excluding tert-OH is 1. The molecule has 6 nitrogen and oxygen atoms in total. The lowest BCUT2D eigenvalue weighted by Gasteiger charge is -2.15. The highest BCUT2D eigenvalue weighted by atomic mass is 16.5. The minimum atomic E-state index is -0.594. The predicted octanol–water partition coefficient (Wildman–Crippen LogP) is 0.594. The van der Waals surface area contributed by atoms with Gasteiger partial charge in [-0.3, -0.25) is 0 Å². The van der Waals surface area contributed by atoms with Gasteiger partial charge in [0.2, 0.25) is 0 Å². The molecular formula is C13H19N3O3. The first-order valence-electron chi connectivity index (χ1n) is 6.31. The Kier molecular flexibility index (Phi) is 4.24. The van der Waals surface area contributed by atoms with Gasteiger partial charge < -0.3 is 25.1 Å². The molecule has 0 aliphatic carbocycles. The smallest absolute Gasteiger partial charge is 0.323 e. The molecule has 0 fully saturated rings. The third-order valence-electron chi connectivity index (χ3n) is 2.71. The number of H-pyrrole nitrogens is 2. The van der Waals surface area contributed by atoms with E-state index in [0.717, 1.165) is 0 Å². The number of nitrogens with one attached hydrogen (secondary N) is 3. The summed E-state index contributed by atoms with van der Waals surface area (Å²) < 4.78 is 5.55. The molecule has 2 aromatic rings. The lowest BCUT2D eigenvalue weighted by molar-refractivity contribution is 0.105. The van der Waals surface area contributed by atoms with Crippen molar-refractivity contribution in [1.82, 2.24) is 15.3 Å². The average Bonchev–Trinajstić information content (AvgIpc) is 2.74. The molecule has 0 radical (unpaired) electrons. The van der Waals surface area contributed by atoms with Crippen LogP contribution in [-0.2, 0) is 0 Å². The minimum absolute atomic E-state index is 0.173. The van der Waals surface area contributed by atoms with Crippen LogP contribution in [-0.4, -0.2) is 40.4 Å². The van der Waals surface area contributed by atoms with E-state index in [2.05, 4.69) is 15.3 Å². The number of rotatable bonds is 6. The lowest BCUT2D eigenvalue weighted by atomic mass is 9.82. The van der Waals surface area contributed by atoms with Crippen molar-refractivity contribution in [3.8, 4) is 5.75 Å². The van der Waals surface area contributed by atoms with Crippen LogP contribution in [0.2, 0.25) is 0 Å². The molecule has 4 N–H and O–H groups in total. The molecule has 104 valence electrons. The molecule has 1 aromatic carbocycles. The van der Waals surface area contributed by atoms with Gasteiger partial charge in [0, 0.05) is 12.6 Å². The molecule has 0 spiro atoms. The van der Waals surface area contributed by atoms with Gasteiger partial charge in [0.25, 0.3) is 0 Å². The van der Waals surface area contributed by atoms with Crippen molar-refractivity contribution in [2.45, 2.75) is 26.0 Å². The fourth-order valence-corrected chi connectivity index (χ4v) is 1.77. The molecule has 0 aliphatic rings. The Balaban J connectivity index is 1.99. The van der Waals surface area contributed by atoms with Crippen molar-refractivity contribution in [2.75, 3.05) is 13.2 Å². The summed E-state index contributed by atoms with van der Waals surface area (Å²) >= 11 is 0. The molecule has 0 saturated heterocycles. The third kappa shape index (κ3) is 3.59. The molecule has 2 rings (SSSR count). The van der Waals surface area contributed by atoms with Crippen molar-refractivity contribution in [3.05, 3.63) is 28.7 Å². The van der Waals surface area contributed by atoms with Crippen molar-refractivity contribution in [2.24, 2.45) is 0 Å². The first-order valence-corrected chi connectivity index (χ1v) is 6.31. The van der Waals surface area contributed by atoms with Gasteiger partial charge >= 0.3 is 5.69 Å². The number of fused-ring (bicyclic) bond motifs is 1. The highest BCUT2D eigenvalue weighted by Crippen LogP contribution is 2.20. The topological polar surface area (TPSA) is 90.1 Å². The van der Waals surface area contributed by atoms with Gasteiger partial charge in [-0.25, -0.2) is 4.79 Å². The quantitative estimate of drug-likeness (QED) is 0.615. The summed E-state index contributed by atoms with van der Waals surface area (Å²) in [6, 6.07) is 5.66. The van der Waals surface area contributed by atoms with E-state index in [1.54, 1.807) is 18.2 Å². The monoisotopic (exact) mass is 264 g/mol. The van der Waals surface area contributed by atoms with E-state index in [0.29, 0.717) is 29.4 Å². The zero-order valence-corrected chi connectivity index (χ0v) is 11.1. The van der Waals surface area contributed by atoms with E-state index >= 15 is 0 Å². The second-order valence-electron chi connectivity index (χ2n) is 4.79. The Hall–Kier alpha value is -1.79. The Bertz CT molecular complexity index is 588. The number of aliphatic hydroxyl groups is 1. The number of aromatic amines is 2. The van der Waals surface area contributed by atoms with E-state index in [1.165, 1.54) is 0 Å². The summed E-state index contributed by atoms with van der Waals surface area (Å²) in [5.41, 5.74) is 1.04. The highest BCUT2D eigenvalue weighted by molar-refractivity contribution is 5.80. The van der Waals surface area contributed by atoms with Gasteiger partial charge in [-0.05, 0) is 12.1 Å². The number of para-hydroxylation sites is 1. The average molecular weight is 264 g/mol. The van der Waals surface area contributed by atoms with Gasteiger partial charge in [-0.15, -0.1) is 0 Å². The maximum absolute atomic E-state index is 11.2. The number of hydrogen-bond acceptors (Lipinski definition) is 4. The maximum atomic E-state index is 11.2. The summed E-state index contributed by atoms with van der Waals surface area (Å²) in [6.07, 6.45) is -0.594.